The highest BCUT2D eigenvalue weighted by Crippen LogP contribution is 2.49. The van der Waals surface area contributed by atoms with Crippen molar-refractivity contribution < 1.29 is 4.42 Å². The monoisotopic (exact) mass is 619 g/mol. The first-order valence-electron chi connectivity index (χ1n) is 16.1. The fourth-order valence-corrected chi connectivity index (χ4v) is 8.97. The highest BCUT2D eigenvalue weighted by Gasteiger charge is 2.22. The Morgan fingerprint density at radius 3 is 1.94 bits per heavy atom. The third-order valence-corrected chi connectivity index (χ3v) is 11.0. The van der Waals surface area contributed by atoms with Gasteiger partial charge in [-0.15, -0.1) is 11.3 Å². The van der Waals surface area contributed by atoms with Crippen LogP contribution in [0, 0.1) is 13.8 Å². The number of hydrogen-bond acceptors (Lipinski definition) is 2. The fourth-order valence-electron chi connectivity index (χ4n) is 7.60. The van der Waals surface area contributed by atoms with Crippen molar-refractivity contribution in [2.45, 2.75) is 13.8 Å². The van der Waals surface area contributed by atoms with Crippen molar-refractivity contribution in [3.8, 4) is 27.9 Å². The summed E-state index contributed by atoms with van der Waals surface area (Å²) in [7, 11) is 0. The second-order valence-corrected chi connectivity index (χ2v) is 13.7. The molecule has 0 amide bonds. The summed E-state index contributed by atoms with van der Waals surface area (Å²) in [6.45, 7) is 4.36. The molecule has 0 saturated heterocycles. The van der Waals surface area contributed by atoms with Crippen LogP contribution in [0.15, 0.2) is 144 Å². The average Bonchev–Trinajstić information content (AvgIpc) is 3.78. The molecule has 2 nitrogen and oxygen atoms in total. The van der Waals surface area contributed by atoms with Gasteiger partial charge in [0.1, 0.15) is 11.2 Å². The maximum atomic E-state index is 6.59. The van der Waals surface area contributed by atoms with Crippen LogP contribution in [0.25, 0.3) is 91.9 Å². The first-order valence-corrected chi connectivity index (χ1v) is 16.9. The van der Waals surface area contributed by atoms with E-state index in [9.17, 15) is 0 Å². The first-order chi connectivity index (χ1) is 23.1. The van der Waals surface area contributed by atoms with Crippen molar-refractivity contribution in [1.29, 1.82) is 0 Å². The summed E-state index contributed by atoms with van der Waals surface area (Å²) in [5, 5.41) is 7.42. The van der Waals surface area contributed by atoms with E-state index in [1.54, 1.807) is 0 Å². The Kier molecular flexibility index (Phi) is 5.61. The minimum absolute atomic E-state index is 0.918. The number of furan rings is 1. The predicted octanol–water partition coefficient (Wildman–Crippen LogP) is 13.0. The molecule has 10 rings (SSSR count). The van der Waals surface area contributed by atoms with Crippen LogP contribution in [0.4, 0.5) is 0 Å². The number of thiophene rings is 1. The van der Waals surface area contributed by atoms with Crippen molar-refractivity contribution in [2.75, 3.05) is 0 Å². The second kappa shape index (κ2) is 9.93. The van der Waals surface area contributed by atoms with Gasteiger partial charge >= 0.3 is 0 Å². The molecule has 0 aliphatic carbocycles. The minimum Gasteiger partial charge on any atom is -0.455 e. The van der Waals surface area contributed by atoms with Crippen molar-refractivity contribution in [3.05, 3.63) is 151 Å². The maximum Gasteiger partial charge on any atom is 0.143 e. The molecule has 222 valence electrons. The number of fused-ring (bicyclic) bond motifs is 9. The van der Waals surface area contributed by atoms with Crippen molar-refractivity contribution in [3.63, 3.8) is 0 Å². The van der Waals surface area contributed by atoms with Gasteiger partial charge in [-0.3, -0.25) is 0 Å². The molecular formula is C44H29NOS. The summed E-state index contributed by atoms with van der Waals surface area (Å²) >= 11 is 1.90. The van der Waals surface area contributed by atoms with Crippen molar-refractivity contribution in [2.24, 2.45) is 0 Å². The third-order valence-electron chi connectivity index (χ3n) is 9.72. The largest absolute Gasteiger partial charge is 0.455 e. The third kappa shape index (κ3) is 3.84. The van der Waals surface area contributed by atoms with Gasteiger partial charge in [-0.2, -0.15) is 0 Å². The molecule has 0 aliphatic rings. The van der Waals surface area contributed by atoms with Gasteiger partial charge in [-0.05, 0) is 66.9 Å². The summed E-state index contributed by atoms with van der Waals surface area (Å²) in [5.74, 6) is 0. The highest BCUT2D eigenvalue weighted by molar-refractivity contribution is 7.27. The SMILES string of the molecule is Cc1ccc2c(c1)c1cc(C)ccc1n2-c1cccc2c1sc1c(-c3ccccc3)ccc(-c3cccc4c3oc3ccccc34)c12. The lowest BCUT2D eigenvalue weighted by Gasteiger charge is -2.11. The molecule has 47 heavy (non-hydrogen) atoms. The van der Waals surface area contributed by atoms with Gasteiger partial charge in [0.05, 0.1) is 21.4 Å². The zero-order valence-corrected chi connectivity index (χ0v) is 26.9. The standard InChI is InChI=1S/C44H29NOS/c1-26-18-22-37-35(24-26)36-25-27(2)19-23-38(36)45(37)39-16-9-15-34-41-31(21-20-29(44(41)47-43(34)39)28-10-4-3-5-11-28)33-14-8-13-32-30-12-6-7-17-40(30)46-42(32)33/h3-25H,1-2H3. The molecule has 0 aliphatic heterocycles. The van der Waals surface area contributed by atoms with E-state index >= 15 is 0 Å². The van der Waals surface area contributed by atoms with Crippen LogP contribution in [0.1, 0.15) is 11.1 Å². The fraction of sp³-hybridized carbons (Fsp3) is 0.0455. The number of hydrogen-bond donors (Lipinski definition) is 0. The van der Waals surface area contributed by atoms with Crippen LogP contribution >= 0.6 is 11.3 Å². The van der Waals surface area contributed by atoms with E-state index in [0.717, 1.165) is 27.5 Å². The molecule has 0 radical (unpaired) electrons. The number of rotatable bonds is 3. The number of para-hydroxylation sites is 2. The molecule has 0 spiro atoms. The van der Waals surface area contributed by atoms with Gasteiger partial charge in [0.25, 0.3) is 0 Å². The molecule has 0 bridgehead atoms. The van der Waals surface area contributed by atoms with Gasteiger partial charge in [0.2, 0.25) is 0 Å². The summed E-state index contributed by atoms with van der Waals surface area (Å²) in [6.07, 6.45) is 0. The van der Waals surface area contributed by atoms with Gasteiger partial charge in [0.15, 0.2) is 0 Å². The van der Waals surface area contributed by atoms with E-state index in [-0.39, 0.29) is 0 Å². The van der Waals surface area contributed by atoms with E-state index in [2.05, 4.69) is 152 Å². The Labute approximate surface area is 275 Å². The number of aromatic nitrogens is 1. The van der Waals surface area contributed by atoms with Gasteiger partial charge in [-0.25, -0.2) is 0 Å². The van der Waals surface area contributed by atoms with Crippen molar-refractivity contribution in [1.82, 2.24) is 4.57 Å². The maximum absolute atomic E-state index is 6.59. The van der Waals surface area contributed by atoms with E-state index in [0.29, 0.717) is 0 Å². The topological polar surface area (TPSA) is 18.1 Å². The lowest BCUT2D eigenvalue weighted by molar-refractivity contribution is 0.670. The Morgan fingerprint density at radius 2 is 1.15 bits per heavy atom. The van der Waals surface area contributed by atoms with Crippen LogP contribution in [0.5, 0.6) is 0 Å². The normalized spacial score (nSPS) is 12.0. The van der Waals surface area contributed by atoms with Crippen LogP contribution < -0.4 is 0 Å². The quantitative estimate of drug-likeness (QED) is 0.192. The average molecular weight is 620 g/mol. The second-order valence-electron chi connectivity index (χ2n) is 12.6. The van der Waals surface area contributed by atoms with Crippen LogP contribution in [0.2, 0.25) is 0 Å². The molecule has 0 N–H and O–H groups in total. The smallest absolute Gasteiger partial charge is 0.143 e. The van der Waals surface area contributed by atoms with E-state index in [4.69, 9.17) is 4.42 Å². The molecule has 7 aromatic carbocycles. The number of nitrogens with zero attached hydrogens (tertiary/aromatic N) is 1. The summed E-state index contributed by atoms with van der Waals surface area (Å²) in [6, 6.07) is 50.8. The molecule has 0 saturated carbocycles. The zero-order chi connectivity index (χ0) is 31.2. The molecule has 3 heterocycles. The van der Waals surface area contributed by atoms with Crippen LogP contribution in [-0.2, 0) is 0 Å². The summed E-state index contributed by atoms with van der Waals surface area (Å²) in [5.41, 5.74) is 12.9. The van der Waals surface area contributed by atoms with Gasteiger partial charge in [-0.1, -0.05) is 114 Å². The van der Waals surface area contributed by atoms with E-state index < -0.39 is 0 Å². The van der Waals surface area contributed by atoms with Gasteiger partial charge < -0.3 is 8.98 Å². The first kappa shape index (κ1) is 26.6. The Morgan fingerprint density at radius 1 is 0.489 bits per heavy atom. The van der Waals surface area contributed by atoms with Crippen molar-refractivity contribution >= 4 is 75.3 Å². The summed E-state index contributed by atoms with van der Waals surface area (Å²) in [4.78, 5) is 0. The molecule has 10 aromatic rings. The Hall–Kier alpha value is -5.64. The molecule has 0 fully saturated rings. The minimum atomic E-state index is 0.918. The Balaban J connectivity index is 1.35. The predicted molar refractivity (Wildman–Crippen MR) is 201 cm³/mol. The number of aryl methyl sites for hydroxylation is 2. The lowest BCUT2D eigenvalue weighted by Crippen LogP contribution is -1.94. The lowest BCUT2D eigenvalue weighted by atomic mass is 9.94. The molecule has 0 unspecified atom stereocenters. The van der Waals surface area contributed by atoms with Crippen LogP contribution in [-0.4, -0.2) is 4.57 Å². The van der Waals surface area contributed by atoms with E-state index in [1.165, 1.54) is 75.5 Å². The van der Waals surface area contributed by atoms with Crippen LogP contribution in [0.3, 0.4) is 0 Å². The van der Waals surface area contributed by atoms with E-state index in [1.807, 2.05) is 17.4 Å². The van der Waals surface area contributed by atoms with Gasteiger partial charge in [0, 0.05) is 42.6 Å². The molecule has 3 heteroatoms. The molecular weight excluding hydrogens is 591 g/mol. The zero-order valence-electron chi connectivity index (χ0n) is 26.0. The molecule has 0 atom stereocenters. The Bertz CT molecular complexity index is 2810. The highest BCUT2D eigenvalue weighted by atomic mass is 32.1. The number of benzene rings is 7. The molecule has 3 aromatic heterocycles. The summed E-state index contributed by atoms with van der Waals surface area (Å²) < 4.78 is 11.6.